The fraction of sp³-hybridized carbons (Fsp3) is 0.174. The van der Waals surface area contributed by atoms with Crippen LogP contribution in [0.5, 0.6) is 5.75 Å². The number of methoxy groups -OCH3 is 1. The van der Waals surface area contributed by atoms with Crippen LogP contribution in [0.1, 0.15) is 22.3 Å². The smallest absolute Gasteiger partial charge is 0.418 e. The van der Waals surface area contributed by atoms with E-state index in [2.05, 4.69) is 40.2 Å². The number of aliphatic imine (C=N–C) groups is 1. The Morgan fingerprint density at radius 3 is 2.13 bits per heavy atom. The lowest BCUT2D eigenvalue weighted by Gasteiger charge is -2.14. The Morgan fingerprint density at radius 2 is 1.49 bits per heavy atom. The standard InChI is InChI=1S/C16H12F3N5O.C7H3ClF3N3/c1-25-12-3-9-5-20-4-8(9)2-11(12)24-15-13-10(16(17,18)19)6-21-14(13)22-7-23-15;8-5-4-3(7(9,10)11)1-12-6(4)14-2-13-5/h2-4,6-7H,5H2,1H3,(H2,21,22,23,24);1-2H,(H,12,13,14). The number of anilines is 2. The molecule has 4 aromatic heterocycles. The third kappa shape index (κ3) is 5.04. The highest BCUT2D eigenvalue weighted by Gasteiger charge is 2.36. The first-order valence-electron chi connectivity index (χ1n) is 10.9. The van der Waals surface area contributed by atoms with Crippen LogP contribution in [0.25, 0.3) is 22.1 Å². The molecule has 0 aliphatic carbocycles. The van der Waals surface area contributed by atoms with E-state index in [1.165, 1.54) is 13.4 Å². The second-order valence-electron chi connectivity index (χ2n) is 8.08. The van der Waals surface area contributed by atoms with E-state index in [0.717, 1.165) is 29.8 Å². The molecule has 9 nitrogen and oxygen atoms in total. The molecular weight excluding hydrogens is 554 g/mol. The average Bonchev–Trinajstić information content (AvgIpc) is 3.61. The van der Waals surface area contributed by atoms with Gasteiger partial charge in [0.1, 0.15) is 40.7 Å². The molecule has 0 amide bonds. The van der Waals surface area contributed by atoms with Crippen molar-refractivity contribution in [2.45, 2.75) is 18.9 Å². The normalized spacial score (nSPS) is 12.9. The van der Waals surface area contributed by atoms with Crippen LogP contribution in [0.3, 0.4) is 0 Å². The largest absolute Gasteiger partial charge is 0.495 e. The van der Waals surface area contributed by atoms with Crippen LogP contribution in [0.2, 0.25) is 5.15 Å². The molecule has 6 rings (SSSR count). The first-order chi connectivity index (χ1) is 18.5. The maximum atomic E-state index is 13.2. The van der Waals surface area contributed by atoms with Crippen molar-refractivity contribution < 1.29 is 31.1 Å². The summed E-state index contributed by atoms with van der Waals surface area (Å²) >= 11 is 5.54. The number of nitrogens with zero attached hydrogens (tertiary/aromatic N) is 5. The molecule has 16 heteroatoms. The molecule has 5 heterocycles. The SMILES string of the molecule is COc1cc2c(cc1Nc1ncnc3[nH]cc(C(F)(F)F)c13)C=NC2.FC(F)(F)c1c[nH]c2ncnc(Cl)c12. The molecule has 0 radical (unpaired) electrons. The zero-order chi connectivity index (χ0) is 27.9. The molecule has 0 fully saturated rings. The molecule has 0 spiro atoms. The summed E-state index contributed by atoms with van der Waals surface area (Å²) in [4.78, 5) is 24.0. The summed E-state index contributed by atoms with van der Waals surface area (Å²) in [6.07, 6.45) is -3.25. The predicted molar refractivity (Wildman–Crippen MR) is 130 cm³/mol. The Bertz CT molecular complexity index is 1710. The second-order valence-corrected chi connectivity index (χ2v) is 8.44. The number of fused-ring (bicyclic) bond motifs is 3. The van der Waals surface area contributed by atoms with Crippen LogP contribution < -0.4 is 10.1 Å². The first kappa shape index (κ1) is 26.2. The van der Waals surface area contributed by atoms with E-state index < -0.39 is 23.5 Å². The number of ether oxygens (including phenoxy) is 1. The number of hydrogen-bond acceptors (Lipinski definition) is 7. The third-order valence-electron chi connectivity index (χ3n) is 5.71. The van der Waals surface area contributed by atoms with Gasteiger partial charge in [-0.2, -0.15) is 26.3 Å². The molecular formula is C23H15ClF6N8O. The molecule has 1 aliphatic heterocycles. The number of H-pyrrole nitrogens is 2. The first-order valence-corrected chi connectivity index (χ1v) is 11.3. The minimum absolute atomic E-state index is 0.0479. The maximum Gasteiger partial charge on any atom is 0.418 e. The molecule has 0 bridgehead atoms. The van der Waals surface area contributed by atoms with Crippen LogP contribution in [0, 0.1) is 0 Å². The molecule has 0 saturated carbocycles. The van der Waals surface area contributed by atoms with Crippen LogP contribution in [-0.2, 0) is 18.9 Å². The topological polar surface area (TPSA) is 117 Å². The lowest BCUT2D eigenvalue weighted by Crippen LogP contribution is -2.06. The molecule has 0 atom stereocenters. The summed E-state index contributed by atoms with van der Waals surface area (Å²) in [5.74, 6) is 0.548. The highest BCUT2D eigenvalue weighted by molar-refractivity contribution is 6.34. The Hall–Kier alpha value is -4.40. The number of hydrogen-bond donors (Lipinski definition) is 3. The van der Waals surface area contributed by atoms with Crippen molar-refractivity contribution in [1.29, 1.82) is 0 Å². The van der Waals surface area contributed by atoms with E-state index in [4.69, 9.17) is 16.3 Å². The van der Waals surface area contributed by atoms with E-state index >= 15 is 0 Å². The van der Waals surface area contributed by atoms with Gasteiger partial charge in [-0.15, -0.1) is 0 Å². The van der Waals surface area contributed by atoms with Gasteiger partial charge in [0.2, 0.25) is 0 Å². The number of halogens is 7. The van der Waals surface area contributed by atoms with Gasteiger partial charge in [-0.3, -0.25) is 4.99 Å². The Labute approximate surface area is 219 Å². The Morgan fingerprint density at radius 1 is 0.872 bits per heavy atom. The van der Waals surface area contributed by atoms with Gasteiger partial charge in [0.25, 0.3) is 0 Å². The van der Waals surface area contributed by atoms with Crippen molar-refractivity contribution in [3.05, 3.63) is 64.6 Å². The van der Waals surface area contributed by atoms with E-state index in [-0.39, 0.29) is 33.0 Å². The molecule has 1 aliphatic rings. The van der Waals surface area contributed by atoms with E-state index in [0.29, 0.717) is 18.0 Å². The average molecular weight is 569 g/mol. The number of aromatic amines is 2. The van der Waals surface area contributed by atoms with E-state index in [1.807, 2.05) is 6.07 Å². The highest BCUT2D eigenvalue weighted by atomic mass is 35.5. The minimum Gasteiger partial charge on any atom is -0.495 e. The quantitative estimate of drug-likeness (QED) is 0.174. The van der Waals surface area contributed by atoms with Crippen molar-refractivity contribution in [1.82, 2.24) is 29.9 Å². The maximum absolute atomic E-state index is 13.2. The Balaban J connectivity index is 0.000000186. The fourth-order valence-corrected chi connectivity index (χ4v) is 4.20. The summed E-state index contributed by atoms with van der Waals surface area (Å²) < 4.78 is 82.3. The third-order valence-corrected chi connectivity index (χ3v) is 6.00. The zero-order valence-electron chi connectivity index (χ0n) is 19.5. The van der Waals surface area contributed by atoms with Crippen molar-refractivity contribution in [3.8, 4) is 5.75 Å². The Kier molecular flexibility index (Phi) is 6.54. The van der Waals surface area contributed by atoms with Gasteiger partial charge in [0, 0.05) is 18.6 Å². The second kappa shape index (κ2) is 9.72. The van der Waals surface area contributed by atoms with Crippen molar-refractivity contribution in [2.24, 2.45) is 4.99 Å². The molecule has 1 aromatic carbocycles. The predicted octanol–water partition coefficient (Wildman–Crippen LogP) is 6.29. The van der Waals surface area contributed by atoms with Crippen LogP contribution in [0.4, 0.5) is 37.8 Å². The van der Waals surface area contributed by atoms with Crippen LogP contribution in [-0.4, -0.2) is 43.2 Å². The monoisotopic (exact) mass is 568 g/mol. The van der Waals surface area contributed by atoms with E-state index in [9.17, 15) is 26.3 Å². The molecule has 39 heavy (non-hydrogen) atoms. The minimum atomic E-state index is -4.52. The fourth-order valence-electron chi connectivity index (χ4n) is 3.96. The summed E-state index contributed by atoms with van der Waals surface area (Å²) in [5, 5.41) is 2.42. The molecule has 3 N–H and O–H groups in total. The summed E-state index contributed by atoms with van der Waals surface area (Å²) in [7, 11) is 1.50. The van der Waals surface area contributed by atoms with Crippen LogP contribution >= 0.6 is 11.6 Å². The van der Waals surface area contributed by atoms with Crippen molar-refractivity contribution >= 4 is 51.4 Å². The van der Waals surface area contributed by atoms with Gasteiger partial charge in [-0.1, -0.05) is 11.6 Å². The molecule has 5 aromatic rings. The van der Waals surface area contributed by atoms with E-state index in [1.54, 1.807) is 12.3 Å². The molecule has 202 valence electrons. The van der Waals surface area contributed by atoms with Crippen LogP contribution in [0.15, 0.2) is 42.2 Å². The summed E-state index contributed by atoms with van der Waals surface area (Å²) in [6.45, 7) is 0.555. The number of benzene rings is 1. The summed E-state index contributed by atoms with van der Waals surface area (Å²) in [6, 6.07) is 3.59. The lowest BCUT2D eigenvalue weighted by molar-refractivity contribution is -0.137. The molecule has 0 saturated heterocycles. The zero-order valence-corrected chi connectivity index (χ0v) is 20.3. The van der Waals surface area contributed by atoms with Gasteiger partial charge in [-0.05, 0) is 23.3 Å². The number of rotatable bonds is 3. The molecule has 0 unspecified atom stereocenters. The van der Waals surface area contributed by atoms with Gasteiger partial charge in [0.05, 0.1) is 41.2 Å². The number of aromatic nitrogens is 6. The van der Waals surface area contributed by atoms with Gasteiger partial charge in [0.15, 0.2) is 0 Å². The van der Waals surface area contributed by atoms with Crippen molar-refractivity contribution in [3.63, 3.8) is 0 Å². The summed E-state index contributed by atoms with van der Waals surface area (Å²) in [5.41, 5.74) is 0.893. The lowest BCUT2D eigenvalue weighted by atomic mass is 10.1. The number of nitrogens with one attached hydrogen (secondary N) is 3. The van der Waals surface area contributed by atoms with Gasteiger partial charge < -0.3 is 20.0 Å². The number of alkyl halides is 6. The van der Waals surface area contributed by atoms with Gasteiger partial charge >= 0.3 is 12.4 Å². The van der Waals surface area contributed by atoms with Gasteiger partial charge in [-0.25, -0.2) is 19.9 Å². The van der Waals surface area contributed by atoms with Crippen molar-refractivity contribution in [2.75, 3.05) is 12.4 Å². The highest BCUT2D eigenvalue weighted by Crippen LogP contribution is 2.39.